The maximum Gasteiger partial charge on any atom is 0.237 e. The molecule has 1 unspecified atom stereocenters. The average molecular weight is 479 g/mol. The van der Waals surface area contributed by atoms with E-state index in [4.69, 9.17) is 0 Å². The fourth-order valence-corrected chi connectivity index (χ4v) is 4.93. The van der Waals surface area contributed by atoms with Crippen LogP contribution in [0.1, 0.15) is 37.6 Å². The Morgan fingerprint density at radius 1 is 1.00 bits per heavy atom. The number of rotatable bonds is 9. The summed E-state index contributed by atoms with van der Waals surface area (Å²) in [6.07, 6.45) is 3.78. The summed E-state index contributed by atoms with van der Waals surface area (Å²) < 4.78 is 2.17. The minimum atomic E-state index is -0.310. The molecule has 1 fully saturated rings. The number of anilines is 2. The molecule has 8 heteroatoms. The first-order chi connectivity index (χ1) is 16.5. The van der Waals surface area contributed by atoms with Crippen molar-refractivity contribution in [3.63, 3.8) is 0 Å². The molecule has 1 saturated heterocycles. The first-order valence-corrected chi connectivity index (χ1v) is 12.8. The van der Waals surface area contributed by atoms with Gasteiger partial charge in [-0.15, -0.1) is 10.2 Å². The monoisotopic (exact) mass is 478 g/mol. The van der Waals surface area contributed by atoms with Crippen LogP contribution in [0.15, 0.2) is 59.8 Å². The zero-order chi connectivity index (χ0) is 23.9. The van der Waals surface area contributed by atoms with Gasteiger partial charge in [-0.2, -0.15) is 0 Å². The lowest BCUT2D eigenvalue weighted by Gasteiger charge is -2.26. The van der Waals surface area contributed by atoms with Crippen molar-refractivity contribution in [2.75, 3.05) is 37.4 Å². The van der Waals surface area contributed by atoms with Gasteiger partial charge < -0.3 is 14.8 Å². The molecule has 180 valence electrons. The first kappa shape index (κ1) is 24.3. The van der Waals surface area contributed by atoms with Crippen LogP contribution in [0.5, 0.6) is 0 Å². The Labute approximate surface area is 206 Å². The Morgan fingerprint density at radius 3 is 2.38 bits per heavy atom. The second-order valence-corrected chi connectivity index (χ2v) is 10.3. The van der Waals surface area contributed by atoms with E-state index in [0.29, 0.717) is 6.54 Å². The van der Waals surface area contributed by atoms with Gasteiger partial charge in [-0.1, -0.05) is 48.5 Å². The zero-order valence-electron chi connectivity index (χ0n) is 20.3. The molecule has 0 spiro atoms. The molecule has 4 rings (SSSR count). The quantitative estimate of drug-likeness (QED) is 0.457. The highest BCUT2D eigenvalue weighted by molar-refractivity contribution is 8.00. The summed E-state index contributed by atoms with van der Waals surface area (Å²) >= 11 is 1.46. The Balaban J connectivity index is 1.47. The third kappa shape index (κ3) is 6.39. The third-order valence-electron chi connectivity index (χ3n) is 6.09. The molecule has 0 radical (unpaired) electrons. The van der Waals surface area contributed by atoms with Gasteiger partial charge in [-0.05, 0) is 62.7 Å². The Hall–Kier alpha value is -2.84. The summed E-state index contributed by atoms with van der Waals surface area (Å²) in [5.74, 6) is 0.912. The van der Waals surface area contributed by atoms with Crippen molar-refractivity contribution in [1.29, 1.82) is 0 Å². The fourth-order valence-electron chi connectivity index (χ4n) is 4.06. The van der Waals surface area contributed by atoms with Gasteiger partial charge >= 0.3 is 0 Å². The highest BCUT2D eigenvalue weighted by atomic mass is 32.2. The number of piperidine rings is 1. The molecule has 1 amide bonds. The maximum absolute atomic E-state index is 12.9. The molecule has 1 N–H and O–H groups in total. The lowest BCUT2D eigenvalue weighted by atomic mass is 10.1. The maximum atomic E-state index is 12.9. The molecule has 0 saturated carbocycles. The number of likely N-dealkylation sites (tertiary alicyclic amines) is 1. The number of amides is 1. The zero-order valence-corrected chi connectivity index (χ0v) is 21.1. The Kier molecular flexibility index (Phi) is 8.24. The van der Waals surface area contributed by atoms with E-state index in [-0.39, 0.29) is 11.2 Å². The summed E-state index contributed by atoms with van der Waals surface area (Å²) in [5, 5.41) is 12.5. The van der Waals surface area contributed by atoms with Crippen molar-refractivity contribution >= 4 is 29.0 Å². The molecule has 1 aromatic heterocycles. The fraction of sp³-hybridized carbons (Fsp3) is 0.423. The predicted molar refractivity (Wildman–Crippen MR) is 139 cm³/mol. The largest absolute Gasteiger partial charge is 0.378 e. The molecule has 0 bridgehead atoms. The number of carbonyl (C=O) groups excluding carboxylic acids is 1. The Morgan fingerprint density at radius 2 is 1.71 bits per heavy atom. The van der Waals surface area contributed by atoms with Gasteiger partial charge in [0.1, 0.15) is 5.82 Å². The topological polar surface area (TPSA) is 66.3 Å². The molecule has 1 aliphatic rings. The van der Waals surface area contributed by atoms with E-state index < -0.39 is 0 Å². The molecule has 34 heavy (non-hydrogen) atoms. The minimum absolute atomic E-state index is 0.0468. The van der Waals surface area contributed by atoms with Crippen molar-refractivity contribution < 1.29 is 4.79 Å². The van der Waals surface area contributed by atoms with Crippen LogP contribution < -0.4 is 10.2 Å². The number of nitrogens with zero attached hydrogens (tertiary/aromatic N) is 5. The number of nitrogens with one attached hydrogen (secondary N) is 1. The number of thioether (sulfide) groups is 1. The van der Waals surface area contributed by atoms with Gasteiger partial charge in [-0.3, -0.25) is 9.69 Å². The van der Waals surface area contributed by atoms with Gasteiger partial charge in [0, 0.05) is 25.5 Å². The van der Waals surface area contributed by atoms with Crippen molar-refractivity contribution in [2.24, 2.45) is 0 Å². The first-order valence-electron chi connectivity index (χ1n) is 11.9. The van der Waals surface area contributed by atoms with Crippen molar-refractivity contribution in [3.8, 4) is 0 Å². The molecular formula is C26H34N6OS. The average Bonchev–Trinajstić information content (AvgIpc) is 3.21. The van der Waals surface area contributed by atoms with E-state index in [1.54, 1.807) is 0 Å². The summed E-state index contributed by atoms with van der Waals surface area (Å²) in [7, 11) is 3.99. The lowest BCUT2D eigenvalue weighted by Crippen LogP contribution is -2.30. The Bertz CT molecular complexity index is 1060. The molecule has 2 aromatic carbocycles. The van der Waals surface area contributed by atoms with Gasteiger partial charge in [-0.25, -0.2) is 0 Å². The van der Waals surface area contributed by atoms with Crippen LogP contribution in [0.25, 0.3) is 0 Å². The van der Waals surface area contributed by atoms with Crippen LogP contribution in [0.3, 0.4) is 0 Å². The van der Waals surface area contributed by atoms with Gasteiger partial charge in [0.25, 0.3) is 0 Å². The van der Waals surface area contributed by atoms with Crippen LogP contribution in [0, 0.1) is 0 Å². The lowest BCUT2D eigenvalue weighted by molar-refractivity contribution is -0.115. The van der Waals surface area contributed by atoms with E-state index in [0.717, 1.165) is 42.0 Å². The van der Waals surface area contributed by atoms with E-state index in [1.807, 2.05) is 56.3 Å². The highest BCUT2D eigenvalue weighted by Crippen LogP contribution is 2.26. The summed E-state index contributed by atoms with van der Waals surface area (Å²) in [6.45, 7) is 5.61. The predicted octanol–water partition coefficient (Wildman–Crippen LogP) is 4.50. The van der Waals surface area contributed by atoms with Crippen molar-refractivity contribution in [1.82, 2.24) is 19.7 Å². The van der Waals surface area contributed by atoms with Crippen LogP contribution in [0.2, 0.25) is 0 Å². The number of hydrogen-bond donors (Lipinski definition) is 1. The normalized spacial score (nSPS) is 15.1. The van der Waals surface area contributed by atoms with E-state index in [9.17, 15) is 4.79 Å². The van der Waals surface area contributed by atoms with Crippen LogP contribution in [-0.4, -0.2) is 58.0 Å². The van der Waals surface area contributed by atoms with E-state index in [2.05, 4.69) is 49.2 Å². The molecule has 7 nitrogen and oxygen atoms in total. The van der Waals surface area contributed by atoms with Gasteiger partial charge in [0.15, 0.2) is 5.16 Å². The van der Waals surface area contributed by atoms with Crippen molar-refractivity contribution in [2.45, 2.75) is 49.7 Å². The second kappa shape index (κ2) is 11.5. The van der Waals surface area contributed by atoms with E-state index >= 15 is 0 Å². The van der Waals surface area contributed by atoms with Crippen LogP contribution in [0.4, 0.5) is 11.4 Å². The van der Waals surface area contributed by atoms with Gasteiger partial charge in [0.2, 0.25) is 5.91 Å². The number of hydrogen-bond acceptors (Lipinski definition) is 6. The third-order valence-corrected chi connectivity index (χ3v) is 7.17. The minimum Gasteiger partial charge on any atom is -0.378 e. The standard InChI is InChI=1S/C26H34N6OS/c1-20(25(33)27-22-12-14-23(15-13-22)30(2)3)34-26-29-28-24(19-31-16-8-5-9-17-31)32(26)18-21-10-6-4-7-11-21/h4,6-7,10-15,20H,5,8-9,16-19H2,1-3H3,(H,27,33). The number of aromatic nitrogens is 3. The molecule has 2 heterocycles. The SMILES string of the molecule is CC(Sc1nnc(CN2CCCCC2)n1Cc1ccccc1)C(=O)Nc1ccc(N(C)C)cc1. The van der Waals surface area contributed by atoms with Crippen LogP contribution >= 0.6 is 11.8 Å². The molecule has 0 aliphatic carbocycles. The smallest absolute Gasteiger partial charge is 0.237 e. The molecule has 3 aromatic rings. The van der Waals surface area contributed by atoms with E-state index in [1.165, 1.54) is 36.6 Å². The number of benzene rings is 2. The summed E-state index contributed by atoms with van der Waals surface area (Å²) in [5.41, 5.74) is 3.08. The highest BCUT2D eigenvalue weighted by Gasteiger charge is 2.22. The summed E-state index contributed by atoms with van der Waals surface area (Å²) in [6, 6.07) is 18.2. The molecular weight excluding hydrogens is 444 g/mol. The second-order valence-electron chi connectivity index (χ2n) is 9.00. The molecule has 1 aliphatic heterocycles. The molecule has 1 atom stereocenters. The van der Waals surface area contributed by atoms with Gasteiger partial charge in [0.05, 0.1) is 18.3 Å². The summed E-state index contributed by atoms with van der Waals surface area (Å²) in [4.78, 5) is 17.4. The number of carbonyl (C=O) groups is 1. The van der Waals surface area contributed by atoms with Crippen molar-refractivity contribution in [3.05, 3.63) is 66.0 Å². The van der Waals surface area contributed by atoms with Crippen LogP contribution in [-0.2, 0) is 17.9 Å².